The lowest BCUT2D eigenvalue weighted by Crippen LogP contribution is -2.52. The van der Waals surface area contributed by atoms with Gasteiger partial charge in [0.25, 0.3) is 0 Å². The Morgan fingerprint density at radius 3 is 2.43 bits per heavy atom. The highest BCUT2D eigenvalue weighted by molar-refractivity contribution is 14.0. The molecule has 0 radical (unpaired) electrons. The second kappa shape index (κ2) is 8.53. The van der Waals surface area contributed by atoms with E-state index in [1.54, 1.807) is 0 Å². The molecule has 1 aliphatic heterocycles. The number of guanidine groups is 1. The Morgan fingerprint density at radius 1 is 1.29 bits per heavy atom. The van der Waals surface area contributed by atoms with E-state index in [-0.39, 0.29) is 29.5 Å². The molecule has 1 heterocycles. The van der Waals surface area contributed by atoms with E-state index in [1.165, 1.54) is 12.8 Å². The molecule has 6 heteroatoms. The summed E-state index contributed by atoms with van der Waals surface area (Å²) in [5.74, 6) is 0.962. The summed E-state index contributed by atoms with van der Waals surface area (Å²) < 4.78 is 5.43. The van der Waals surface area contributed by atoms with E-state index in [2.05, 4.69) is 43.2 Å². The predicted octanol–water partition coefficient (Wildman–Crippen LogP) is 1.82. The maximum absolute atomic E-state index is 5.43. The van der Waals surface area contributed by atoms with Crippen molar-refractivity contribution < 1.29 is 4.74 Å². The van der Waals surface area contributed by atoms with Crippen LogP contribution in [0.3, 0.4) is 0 Å². The number of ether oxygens (including phenoxy) is 1. The zero-order valence-electron chi connectivity index (χ0n) is 13.8. The monoisotopic (exact) mass is 410 g/mol. The lowest BCUT2D eigenvalue weighted by molar-refractivity contribution is -0.00684. The minimum Gasteiger partial charge on any atom is -0.379 e. The van der Waals surface area contributed by atoms with Crippen molar-refractivity contribution in [2.45, 2.75) is 58.2 Å². The molecule has 2 fully saturated rings. The minimum absolute atomic E-state index is 0. The Kier molecular flexibility index (Phi) is 7.70. The molecule has 0 bridgehead atoms. The average molecular weight is 410 g/mol. The average Bonchev–Trinajstić information content (AvgIpc) is 3.20. The number of nitrogens with one attached hydrogen (secondary N) is 2. The molecule has 124 valence electrons. The molecule has 0 spiro atoms. The third-order valence-electron chi connectivity index (χ3n) is 3.83. The molecule has 1 saturated carbocycles. The van der Waals surface area contributed by atoms with Gasteiger partial charge in [0, 0.05) is 30.7 Å². The van der Waals surface area contributed by atoms with Gasteiger partial charge < -0.3 is 15.4 Å². The first-order valence-corrected chi connectivity index (χ1v) is 7.88. The molecule has 1 saturated heterocycles. The van der Waals surface area contributed by atoms with Gasteiger partial charge in [-0.3, -0.25) is 9.89 Å². The van der Waals surface area contributed by atoms with Gasteiger partial charge in [-0.05, 0) is 40.5 Å². The van der Waals surface area contributed by atoms with Crippen LogP contribution in [0.4, 0.5) is 0 Å². The maximum atomic E-state index is 5.43. The van der Waals surface area contributed by atoms with Crippen molar-refractivity contribution in [2.24, 2.45) is 4.99 Å². The fraction of sp³-hybridized carbons (Fsp3) is 0.933. The van der Waals surface area contributed by atoms with Crippen LogP contribution in [0, 0.1) is 0 Å². The summed E-state index contributed by atoms with van der Waals surface area (Å²) in [5.41, 5.74) is 0.0823. The third-order valence-corrected chi connectivity index (χ3v) is 3.83. The van der Waals surface area contributed by atoms with Gasteiger partial charge in [0.1, 0.15) is 0 Å². The zero-order valence-corrected chi connectivity index (χ0v) is 16.1. The molecule has 1 aliphatic carbocycles. The molecule has 0 aromatic carbocycles. The van der Waals surface area contributed by atoms with Gasteiger partial charge in [-0.2, -0.15) is 0 Å². The number of hydrogen-bond acceptors (Lipinski definition) is 3. The molecule has 21 heavy (non-hydrogen) atoms. The SMILES string of the molecule is CC(C)NC(=NCC(C)(C)N1CCOCC1)NC1CC1.I. The molecular formula is C15H31IN4O. The van der Waals surface area contributed by atoms with Gasteiger partial charge in [-0.1, -0.05) is 0 Å². The Balaban J connectivity index is 0.00000220. The van der Waals surface area contributed by atoms with Crippen molar-refractivity contribution in [3.63, 3.8) is 0 Å². The fourth-order valence-electron chi connectivity index (χ4n) is 2.37. The quantitative estimate of drug-likeness (QED) is 0.413. The van der Waals surface area contributed by atoms with Crippen LogP contribution in [0.15, 0.2) is 4.99 Å². The smallest absolute Gasteiger partial charge is 0.191 e. The number of halogens is 1. The summed E-state index contributed by atoms with van der Waals surface area (Å²) in [5, 5.41) is 6.92. The van der Waals surface area contributed by atoms with E-state index in [1.807, 2.05) is 0 Å². The van der Waals surface area contributed by atoms with Gasteiger partial charge in [-0.25, -0.2) is 0 Å². The van der Waals surface area contributed by atoms with Gasteiger partial charge in [0.2, 0.25) is 0 Å². The lowest BCUT2D eigenvalue weighted by atomic mass is 10.0. The van der Waals surface area contributed by atoms with Gasteiger partial charge >= 0.3 is 0 Å². The second-order valence-electron chi connectivity index (χ2n) is 6.79. The summed E-state index contributed by atoms with van der Waals surface area (Å²) in [4.78, 5) is 7.28. The van der Waals surface area contributed by atoms with E-state index >= 15 is 0 Å². The van der Waals surface area contributed by atoms with Crippen molar-refractivity contribution in [2.75, 3.05) is 32.8 Å². The van der Waals surface area contributed by atoms with Crippen LogP contribution in [0.2, 0.25) is 0 Å². The molecule has 0 unspecified atom stereocenters. The summed E-state index contributed by atoms with van der Waals surface area (Å²) in [7, 11) is 0. The number of aliphatic imine (C=N–C) groups is 1. The van der Waals surface area contributed by atoms with Gasteiger partial charge in [0.05, 0.1) is 19.8 Å². The van der Waals surface area contributed by atoms with E-state index in [0.717, 1.165) is 38.8 Å². The molecule has 0 atom stereocenters. The Morgan fingerprint density at radius 2 is 1.90 bits per heavy atom. The van der Waals surface area contributed by atoms with Crippen molar-refractivity contribution in [1.29, 1.82) is 0 Å². The van der Waals surface area contributed by atoms with Crippen molar-refractivity contribution >= 4 is 29.9 Å². The highest BCUT2D eigenvalue weighted by atomic mass is 127. The largest absolute Gasteiger partial charge is 0.379 e. The van der Waals surface area contributed by atoms with Crippen LogP contribution >= 0.6 is 24.0 Å². The molecule has 0 aromatic heterocycles. The highest BCUT2D eigenvalue weighted by Gasteiger charge is 2.28. The van der Waals surface area contributed by atoms with Crippen LogP contribution in [0.1, 0.15) is 40.5 Å². The Labute approximate surface area is 146 Å². The molecular weight excluding hydrogens is 379 g/mol. The van der Waals surface area contributed by atoms with Crippen molar-refractivity contribution in [3.8, 4) is 0 Å². The fourth-order valence-corrected chi connectivity index (χ4v) is 2.37. The van der Waals surface area contributed by atoms with Crippen LogP contribution in [-0.2, 0) is 4.74 Å². The standard InChI is InChI=1S/C15H30N4O.HI/c1-12(2)17-14(18-13-5-6-13)16-11-15(3,4)19-7-9-20-10-8-19;/h12-13H,5-11H2,1-4H3,(H2,16,17,18);1H. The van der Waals surface area contributed by atoms with Gasteiger partial charge in [-0.15, -0.1) is 24.0 Å². The van der Waals surface area contributed by atoms with Crippen molar-refractivity contribution in [3.05, 3.63) is 0 Å². The molecule has 5 nitrogen and oxygen atoms in total. The van der Waals surface area contributed by atoms with Crippen LogP contribution in [0.5, 0.6) is 0 Å². The number of rotatable bonds is 5. The van der Waals surface area contributed by atoms with E-state index in [9.17, 15) is 0 Å². The topological polar surface area (TPSA) is 48.9 Å². The molecule has 2 N–H and O–H groups in total. The Bertz CT molecular complexity index is 331. The summed E-state index contributed by atoms with van der Waals surface area (Å²) in [6, 6.07) is 1.04. The van der Waals surface area contributed by atoms with Gasteiger partial charge in [0.15, 0.2) is 5.96 Å². The first kappa shape index (κ1) is 19.0. The first-order chi connectivity index (χ1) is 9.47. The highest BCUT2D eigenvalue weighted by Crippen LogP contribution is 2.19. The summed E-state index contributed by atoms with van der Waals surface area (Å²) in [6.07, 6.45) is 2.54. The van der Waals surface area contributed by atoms with Crippen LogP contribution in [0.25, 0.3) is 0 Å². The molecule has 2 aliphatic rings. The third kappa shape index (κ3) is 6.69. The number of hydrogen-bond donors (Lipinski definition) is 2. The summed E-state index contributed by atoms with van der Waals surface area (Å²) >= 11 is 0. The predicted molar refractivity (Wildman–Crippen MR) is 98.6 cm³/mol. The normalized spacial score (nSPS) is 21.1. The second-order valence-corrected chi connectivity index (χ2v) is 6.79. The molecule has 0 amide bonds. The molecule has 0 aromatic rings. The van der Waals surface area contributed by atoms with E-state index in [0.29, 0.717) is 12.1 Å². The number of morpholine rings is 1. The van der Waals surface area contributed by atoms with E-state index in [4.69, 9.17) is 9.73 Å². The molecule has 2 rings (SSSR count). The first-order valence-electron chi connectivity index (χ1n) is 7.88. The van der Waals surface area contributed by atoms with Crippen LogP contribution < -0.4 is 10.6 Å². The maximum Gasteiger partial charge on any atom is 0.191 e. The zero-order chi connectivity index (χ0) is 14.6. The number of nitrogens with zero attached hydrogens (tertiary/aromatic N) is 2. The summed E-state index contributed by atoms with van der Waals surface area (Å²) in [6.45, 7) is 13.3. The Hall–Kier alpha value is -0.0800. The lowest BCUT2D eigenvalue weighted by Gasteiger charge is -2.40. The van der Waals surface area contributed by atoms with Crippen molar-refractivity contribution in [1.82, 2.24) is 15.5 Å². The van der Waals surface area contributed by atoms with E-state index < -0.39 is 0 Å². The van der Waals surface area contributed by atoms with Crippen LogP contribution in [-0.4, -0.2) is 61.3 Å². The minimum atomic E-state index is 0.